The van der Waals surface area contributed by atoms with Crippen LogP contribution in [0.5, 0.6) is 0 Å². The minimum atomic E-state index is 0.704. The maximum absolute atomic E-state index is 4.38. The molecule has 1 fully saturated rings. The van der Waals surface area contributed by atoms with Crippen molar-refractivity contribution in [2.45, 2.75) is 27.9 Å². The molecule has 1 saturated heterocycles. The third-order valence-electron chi connectivity index (χ3n) is 2.03. The van der Waals surface area contributed by atoms with Crippen LogP contribution in [-0.4, -0.2) is 32.3 Å². The normalized spacial score (nSPS) is 33.9. The van der Waals surface area contributed by atoms with E-state index in [-0.39, 0.29) is 0 Å². The van der Waals surface area contributed by atoms with Crippen LogP contribution in [0, 0.1) is 0 Å². The van der Waals surface area contributed by atoms with Gasteiger partial charge in [-0.3, -0.25) is 0 Å². The van der Waals surface area contributed by atoms with Gasteiger partial charge < -0.3 is 0 Å². The minimum absolute atomic E-state index is 0.704. The summed E-state index contributed by atoms with van der Waals surface area (Å²) < 4.78 is 0.765. The van der Waals surface area contributed by atoms with Crippen LogP contribution >= 0.6 is 61.4 Å². The van der Waals surface area contributed by atoms with Crippen molar-refractivity contribution >= 4 is 61.4 Å². The van der Waals surface area contributed by atoms with E-state index in [2.05, 4.69) is 61.4 Å². The first-order valence-corrected chi connectivity index (χ1v) is 8.23. The number of hydrogen-bond donors (Lipinski definition) is 3. The molecule has 0 aromatic rings. The fraction of sp³-hybridized carbons (Fsp3) is 1.00. The van der Waals surface area contributed by atoms with E-state index < -0.39 is 0 Å². The molecule has 0 nitrogen and oxygen atoms in total. The molecular weight excluding hydrogens is 256 g/mol. The molecule has 0 aliphatic carbocycles. The molecule has 1 aliphatic heterocycles. The quantitative estimate of drug-likeness (QED) is 0.658. The van der Waals surface area contributed by atoms with Gasteiger partial charge in [-0.15, -0.1) is 23.5 Å². The molecule has 1 rings (SSSR count). The Morgan fingerprint density at radius 3 is 1.85 bits per heavy atom. The van der Waals surface area contributed by atoms with Gasteiger partial charge >= 0.3 is 0 Å². The van der Waals surface area contributed by atoms with Crippen LogP contribution in [-0.2, 0) is 0 Å². The van der Waals surface area contributed by atoms with Crippen molar-refractivity contribution in [3.05, 3.63) is 0 Å². The maximum Gasteiger partial charge on any atom is 0.0509 e. The summed E-state index contributed by atoms with van der Waals surface area (Å²) in [6.45, 7) is 0. The molecule has 2 atom stereocenters. The number of thioether (sulfide) groups is 2. The van der Waals surface area contributed by atoms with Crippen molar-refractivity contribution in [2.75, 3.05) is 17.3 Å². The van der Waals surface area contributed by atoms with Crippen LogP contribution in [0.15, 0.2) is 0 Å². The van der Waals surface area contributed by atoms with Crippen LogP contribution < -0.4 is 0 Å². The highest BCUT2D eigenvalue weighted by Crippen LogP contribution is 2.46. The fourth-order valence-electron chi connectivity index (χ4n) is 1.31. The van der Waals surface area contributed by atoms with Gasteiger partial charge in [-0.2, -0.15) is 37.9 Å². The Balaban J connectivity index is 2.30. The Hall–Kier alpha value is 1.75. The third-order valence-corrected chi connectivity index (χ3v) is 7.23. The van der Waals surface area contributed by atoms with E-state index in [4.69, 9.17) is 0 Å². The second-order valence-corrected chi connectivity index (χ2v) is 7.38. The molecule has 0 aromatic carbocycles. The van der Waals surface area contributed by atoms with Crippen LogP contribution in [0.1, 0.15) is 12.8 Å². The van der Waals surface area contributed by atoms with Gasteiger partial charge in [-0.1, -0.05) is 0 Å². The molecule has 13 heavy (non-hydrogen) atoms. The lowest BCUT2D eigenvalue weighted by Gasteiger charge is -2.11. The Morgan fingerprint density at radius 2 is 1.46 bits per heavy atom. The highest BCUT2D eigenvalue weighted by Gasteiger charge is 2.33. The monoisotopic (exact) mass is 272 g/mol. The fourth-order valence-corrected chi connectivity index (χ4v) is 6.40. The van der Waals surface area contributed by atoms with Crippen molar-refractivity contribution in [3.8, 4) is 0 Å². The van der Waals surface area contributed by atoms with Crippen molar-refractivity contribution in [2.24, 2.45) is 0 Å². The predicted octanol–water partition coefficient (Wildman–Crippen LogP) is 3.10. The topological polar surface area (TPSA) is 0 Å². The number of hydrogen-bond acceptors (Lipinski definition) is 5. The predicted molar refractivity (Wildman–Crippen MR) is 77.3 cm³/mol. The van der Waals surface area contributed by atoms with Crippen LogP contribution in [0.2, 0.25) is 0 Å². The average Bonchev–Trinajstić information content (AvgIpc) is 2.57. The molecule has 0 radical (unpaired) electrons. The van der Waals surface area contributed by atoms with Gasteiger partial charge in [-0.05, 0) is 18.6 Å². The first-order chi connectivity index (χ1) is 6.31. The Bertz CT molecular complexity index is 128. The molecule has 78 valence electrons. The van der Waals surface area contributed by atoms with Gasteiger partial charge in [0.25, 0.3) is 0 Å². The molecule has 0 spiro atoms. The Labute approximate surface area is 106 Å². The first kappa shape index (κ1) is 12.8. The van der Waals surface area contributed by atoms with E-state index in [0.29, 0.717) is 10.5 Å². The van der Waals surface area contributed by atoms with E-state index in [0.717, 1.165) is 21.8 Å². The summed E-state index contributed by atoms with van der Waals surface area (Å²) in [5, 5.41) is 1.41. The molecule has 0 bridgehead atoms. The molecule has 2 unspecified atom stereocenters. The van der Waals surface area contributed by atoms with E-state index >= 15 is 0 Å². The standard InChI is InChI=1S/C8H16S5/c9-3-1-2-8-12-6(4-10)7(5-11)13-8/h6-11H,1-5H2. The summed E-state index contributed by atoms with van der Waals surface area (Å²) in [7, 11) is 0. The zero-order chi connectivity index (χ0) is 9.68. The Morgan fingerprint density at radius 1 is 0.923 bits per heavy atom. The van der Waals surface area contributed by atoms with Crippen molar-refractivity contribution in [3.63, 3.8) is 0 Å². The van der Waals surface area contributed by atoms with Crippen LogP contribution in [0.3, 0.4) is 0 Å². The summed E-state index contributed by atoms with van der Waals surface area (Å²) in [5.74, 6) is 2.98. The first-order valence-electron chi connectivity index (χ1n) is 4.45. The van der Waals surface area contributed by atoms with Gasteiger partial charge in [0.1, 0.15) is 0 Å². The lowest BCUT2D eigenvalue weighted by molar-refractivity contribution is 0.885. The number of thiol groups is 3. The van der Waals surface area contributed by atoms with Gasteiger partial charge in [0.05, 0.1) is 4.58 Å². The number of rotatable bonds is 5. The summed E-state index contributed by atoms with van der Waals surface area (Å²) >= 11 is 17.2. The highest BCUT2D eigenvalue weighted by molar-refractivity contribution is 8.21. The van der Waals surface area contributed by atoms with Crippen molar-refractivity contribution < 1.29 is 0 Å². The zero-order valence-corrected chi connectivity index (χ0v) is 11.7. The zero-order valence-electron chi connectivity index (χ0n) is 7.43. The van der Waals surface area contributed by atoms with Gasteiger partial charge in [0.15, 0.2) is 0 Å². The molecular formula is C8H16S5. The van der Waals surface area contributed by atoms with Gasteiger partial charge in [0, 0.05) is 22.0 Å². The molecule has 0 amide bonds. The second kappa shape index (κ2) is 7.09. The Kier molecular flexibility index (Phi) is 7.00. The van der Waals surface area contributed by atoms with Crippen molar-refractivity contribution in [1.82, 2.24) is 0 Å². The largest absolute Gasteiger partial charge is 0.179 e. The van der Waals surface area contributed by atoms with Gasteiger partial charge in [0.2, 0.25) is 0 Å². The van der Waals surface area contributed by atoms with Gasteiger partial charge in [-0.25, -0.2) is 0 Å². The van der Waals surface area contributed by atoms with E-state index in [9.17, 15) is 0 Å². The van der Waals surface area contributed by atoms with Crippen LogP contribution in [0.4, 0.5) is 0 Å². The van der Waals surface area contributed by atoms with E-state index in [1.165, 1.54) is 12.8 Å². The summed E-state index contributed by atoms with van der Waals surface area (Å²) in [5.41, 5.74) is 0. The molecule has 5 heteroatoms. The smallest absolute Gasteiger partial charge is 0.0509 e. The average molecular weight is 273 g/mol. The van der Waals surface area contributed by atoms with E-state index in [1.807, 2.05) is 0 Å². The lowest BCUT2D eigenvalue weighted by Crippen LogP contribution is -2.18. The molecule has 1 aliphatic rings. The lowest BCUT2D eigenvalue weighted by atomic mass is 10.3. The second-order valence-electron chi connectivity index (χ2n) is 3.01. The summed E-state index contributed by atoms with van der Waals surface area (Å²) in [4.78, 5) is 0. The highest BCUT2D eigenvalue weighted by atomic mass is 32.2. The third kappa shape index (κ3) is 4.01. The minimum Gasteiger partial charge on any atom is -0.179 e. The summed E-state index contributed by atoms with van der Waals surface area (Å²) in [6.07, 6.45) is 2.51. The van der Waals surface area contributed by atoms with Crippen molar-refractivity contribution in [1.29, 1.82) is 0 Å². The molecule has 0 N–H and O–H groups in total. The molecule has 0 aromatic heterocycles. The maximum atomic E-state index is 4.38. The van der Waals surface area contributed by atoms with Crippen LogP contribution in [0.25, 0.3) is 0 Å². The van der Waals surface area contributed by atoms with E-state index in [1.54, 1.807) is 0 Å². The summed E-state index contributed by atoms with van der Waals surface area (Å²) in [6, 6.07) is 0. The molecule has 0 saturated carbocycles. The molecule has 1 heterocycles. The SMILES string of the molecule is SCCCC1SC(CS)C(CS)S1.